The third-order valence-electron chi connectivity index (χ3n) is 4.74. The Kier molecular flexibility index (Phi) is 2.89. The quantitative estimate of drug-likeness (QED) is 0.489. The first-order chi connectivity index (χ1) is 10.6. The van der Waals surface area contributed by atoms with Gasteiger partial charge in [-0.25, -0.2) is 0 Å². The van der Waals surface area contributed by atoms with E-state index >= 15 is 0 Å². The van der Waals surface area contributed by atoms with E-state index in [0.29, 0.717) is 5.76 Å². The van der Waals surface area contributed by atoms with Gasteiger partial charge in [-0.05, 0) is 49.0 Å². The van der Waals surface area contributed by atoms with Crippen molar-refractivity contribution in [1.29, 1.82) is 0 Å². The number of fused-ring (bicyclic) bond motifs is 5. The zero-order chi connectivity index (χ0) is 15.3. The van der Waals surface area contributed by atoms with Gasteiger partial charge in [0.25, 0.3) is 11.8 Å². The number of hydrazone groups is 1. The zero-order valence-electron chi connectivity index (χ0n) is 12.2. The molecule has 22 heavy (non-hydrogen) atoms. The third-order valence-corrected chi connectivity index (χ3v) is 4.74. The number of carbonyl (C=O) groups is 2. The second-order valence-electron chi connectivity index (χ2n) is 6.14. The van der Waals surface area contributed by atoms with E-state index in [-0.39, 0.29) is 35.5 Å². The van der Waals surface area contributed by atoms with Gasteiger partial charge < -0.3 is 4.42 Å². The maximum atomic E-state index is 12.4. The van der Waals surface area contributed by atoms with E-state index in [9.17, 15) is 9.59 Å². The molecule has 1 saturated carbocycles. The molecule has 2 bridgehead atoms. The molecule has 4 atom stereocenters. The number of rotatable bonds is 3. The van der Waals surface area contributed by atoms with Crippen molar-refractivity contribution in [2.75, 3.05) is 0 Å². The second kappa shape index (κ2) is 4.80. The fraction of sp³-hybridized carbons (Fsp3) is 0.353. The highest BCUT2D eigenvalue weighted by Crippen LogP contribution is 2.52. The van der Waals surface area contributed by atoms with Crippen LogP contribution in [-0.4, -0.2) is 23.0 Å². The van der Waals surface area contributed by atoms with Crippen LogP contribution in [0.15, 0.2) is 45.6 Å². The number of amides is 2. The molecule has 2 fully saturated rings. The summed E-state index contributed by atoms with van der Waals surface area (Å²) in [5.41, 5.74) is 0.814. The number of hydrogen-bond acceptors (Lipinski definition) is 4. The van der Waals surface area contributed by atoms with E-state index in [4.69, 9.17) is 4.42 Å². The minimum Gasteiger partial charge on any atom is -0.465 e. The van der Waals surface area contributed by atoms with Crippen LogP contribution in [0.2, 0.25) is 0 Å². The molecule has 1 aliphatic heterocycles. The minimum atomic E-state index is -0.200. The molecule has 5 heteroatoms. The molecule has 2 amide bonds. The predicted molar refractivity (Wildman–Crippen MR) is 80.4 cm³/mol. The summed E-state index contributed by atoms with van der Waals surface area (Å²) in [6.45, 7) is 1.85. The molecule has 2 heterocycles. The zero-order valence-corrected chi connectivity index (χ0v) is 12.2. The fourth-order valence-electron chi connectivity index (χ4n) is 3.78. The maximum absolute atomic E-state index is 12.4. The topological polar surface area (TPSA) is 62.9 Å². The van der Waals surface area contributed by atoms with Crippen molar-refractivity contribution in [3.8, 4) is 0 Å². The number of furan rings is 1. The molecule has 2 aliphatic carbocycles. The van der Waals surface area contributed by atoms with Crippen LogP contribution in [0.1, 0.15) is 19.1 Å². The van der Waals surface area contributed by atoms with Crippen LogP contribution in [0.4, 0.5) is 0 Å². The van der Waals surface area contributed by atoms with Gasteiger partial charge in [0.15, 0.2) is 0 Å². The minimum absolute atomic E-state index is 0.158. The Morgan fingerprint density at radius 3 is 2.55 bits per heavy atom. The van der Waals surface area contributed by atoms with Crippen molar-refractivity contribution < 1.29 is 14.0 Å². The summed E-state index contributed by atoms with van der Waals surface area (Å²) in [7, 11) is 0. The van der Waals surface area contributed by atoms with Crippen LogP contribution >= 0.6 is 0 Å². The normalized spacial score (nSPS) is 33.5. The molecule has 0 aromatic carbocycles. The number of imide groups is 1. The summed E-state index contributed by atoms with van der Waals surface area (Å²) in [5.74, 6) is 0.422. The Hall–Kier alpha value is -2.43. The monoisotopic (exact) mass is 296 g/mol. The average molecular weight is 296 g/mol. The SMILES string of the molecule is C/C(C=NN1C(=O)[C@@H]2[C@H](C1=O)[C@H]1C=C[C@H]2C1)=C\c1ccco1. The lowest BCUT2D eigenvalue weighted by molar-refractivity contribution is -0.140. The van der Waals surface area contributed by atoms with Crippen molar-refractivity contribution >= 4 is 24.1 Å². The third kappa shape index (κ3) is 1.89. The molecule has 1 aromatic heterocycles. The standard InChI is InChI=1S/C17H16N2O3/c1-10(7-13-3-2-6-22-13)9-18-19-16(20)14-11-4-5-12(8-11)15(14)17(19)21/h2-7,9,11-12,14-15H,8H2,1H3/b10-7+,18-9?/t11-,12-,14-,15+/m0/s1. The number of allylic oxidation sites excluding steroid dienone is 3. The van der Waals surface area contributed by atoms with Crippen molar-refractivity contribution in [2.24, 2.45) is 28.8 Å². The summed E-state index contributed by atoms with van der Waals surface area (Å²) in [6.07, 6.45) is 10.0. The van der Waals surface area contributed by atoms with Gasteiger partial charge in [-0.2, -0.15) is 10.1 Å². The van der Waals surface area contributed by atoms with Crippen molar-refractivity contribution in [2.45, 2.75) is 13.3 Å². The molecule has 112 valence electrons. The largest absolute Gasteiger partial charge is 0.465 e. The van der Waals surface area contributed by atoms with Crippen LogP contribution < -0.4 is 0 Å². The molecule has 0 spiro atoms. The number of nitrogens with zero attached hydrogens (tertiary/aromatic N) is 2. The molecule has 1 aromatic rings. The summed E-state index contributed by atoms with van der Waals surface area (Å²) in [5, 5.41) is 5.17. The summed E-state index contributed by atoms with van der Waals surface area (Å²) >= 11 is 0. The summed E-state index contributed by atoms with van der Waals surface area (Å²) in [6, 6.07) is 3.63. The molecule has 1 saturated heterocycles. The highest BCUT2D eigenvalue weighted by molar-refractivity contribution is 6.06. The van der Waals surface area contributed by atoms with Gasteiger partial charge in [0.2, 0.25) is 0 Å². The van der Waals surface area contributed by atoms with E-state index in [1.165, 1.54) is 6.21 Å². The molecule has 4 rings (SSSR count). The van der Waals surface area contributed by atoms with E-state index in [1.807, 2.05) is 13.0 Å². The lowest BCUT2D eigenvalue weighted by Gasteiger charge is -2.13. The van der Waals surface area contributed by atoms with Crippen molar-refractivity contribution in [3.05, 3.63) is 41.9 Å². The lowest BCUT2D eigenvalue weighted by atomic mass is 9.85. The highest BCUT2D eigenvalue weighted by Gasteiger charge is 2.59. The van der Waals surface area contributed by atoms with Gasteiger partial charge in [0, 0.05) is 0 Å². The van der Waals surface area contributed by atoms with Gasteiger partial charge in [0.1, 0.15) is 5.76 Å². The molecule has 0 radical (unpaired) electrons. The van der Waals surface area contributed by atoms with E-state index in [1.54, 1.807) is 18.4 Å². The van der Waals surface area contributed by atoms with Gasteiger partial charge in [-0.15, -0.1) is 0 Å². The van der Waals surface area contributed by atoms with Crippen molar-refractivity contribution in [1.82, 2.24) is 5.01 Å². The van der Waals surface area contributed by atoms with Crippen molar-refractivity contribution in [3.63, 3.8) is 0 Å². The maximum Gasteiger partial charge on any atom is 0.254 e. The Morgan fingerprint density at radius 2 is 1.95 bits per heavy atom. The smallest absolute Gasteiger partial charge is 0.254 e. The Labute approximate surface area is 128 Å². The van der Waals surface area contributed by atoms with Crippen LogP contribution in [-0.2, 0) is 9.59 Å². The van der Waals surface area contributed by atoms with Crippen LogP contribution in [0, 0.1) is 23.7 Å². The van der Waals surface area contributed by atoms with Crippen LogP contribution in [0.3, 0.4) is 0 Å². The summed E-state index contributed by atoms with van der Waals surface area (Å²) < 4.78 is 5.22. The molecular weight excluding hydrogens is 280 g/mol. The molecular formula is C17H16N2O3. The first-order valence-electron chi connectivity index (χ1n) is 7.47. The van der Waals surface area contributed by atoms with E-state index in [2.05, 4.69) is 17.3 Å². The molecule has 3 aliphatic rings. The Bertz CT molecular complexity index is 684. The van der Waals surface area contributed by atoms with Crippen LogP contribution in [0.5, 0.6) is 0 Å². The Morgan fingerprint density at radius 1 is 1.27 bits per heavy atom. The van der Waals surface area contributed by atoms with Gasteiger partial charge >= 0.3 is 0 Å². The molecule has 0 N–H and O–H groups in total. The number of hydrogen-bond donors (Lipinski definition) is 0. The fourth-order valence-corrected chi connectivity index (χ4v) is 3.78. The molecule has 0 unspecified atom stereocenters. The summed E-state index contributed by atoms with van der Waals surface area (Å²) in [4.78, 5) is 24.9. The second-order valence-corrected chi connectivity index (χ2v) is 6.14. The highest BCUT2D eigenvalue weighted by atomic mass is 16.3. The first-order valence-corrected chi connectivity index (χ1v) is 7.47. The van der Waals surface area contributed by atoms with E-state index in [0.717, 1.165) is 17.0 Å². The lowest BCUT2D eigenvalue weighted by Crippen LogP contribution is -2.28. The van der Waals surface area contributed by atoms with Gasteiger partial charge in [0.05, 0.1) is 24.3 Å². The van der Waals surface area contributed by atoms with Crippen LogP contribution in [0.25, 0.3) is 6.08 Å². The van der Waals surface area contributed by atoms with Gasteiger partial charge in [-0.1, -0.05) is 12.2 Å². The van der Waals surface area contributed by atoms with Gasteiger partial charge in [-0.3, -0.25) is 9.59 Å². The Balaban J connectivity index is 1.53. The average Bonchev–Trinajstić information content (AvgIpc) is 3.24. The first kappa shape index (κ1) is 13.2. The number of carbonyl (C=O) groups excluding carboxylic acids is 2. The molecule has 5 nitrogen and oxygen atoms in total. The predicted octanol–water partition coefficient (Wildman–Crippen LogP) is 2.48. The van der Waals surface area contributed by atoms with E-state index < -0.39 is 0 Å².